The lowest BCUT2D eigenvalue weighted by Crippen LogP contribution is -2.41. The van der Waals surface area contributed by atoms with E-state index in [0.29, 0.717) is 6.54 Å². The van der Waals surface area contributed by atoms with Gasteiger partial charge >= 0.3 is 0 Å². The minimum Gasteiger partial charge on any atom is -0.355 e. The molecule has 0 saturated carbocycles. The van der Waals surface area contributed by atoms with Crippen molar-refractivity contribution < 1.29 is 4.79 Å². The third kappa shape index (κ3) is 11.4. The monoisotopic (exact) mass is 203 g/mol. The molecular weight excluding hydrogens is 178 g/mol. The number of nitrogens with two attached hydrogens (primary N) is 1. The van der Waals surface area contributed by atoms with Gasteiger partial charge in [-0.3, -0.25) is 10.6 Å². The van der Waals surface area contributed by atoms with Crippen molar-refractivity contribution in [3.63, 3.8) is 0 Å². The van der Waals surface area contributed by atoms with Gasteiger partial charge in [-0.15, -0.1) is 0 Å². The predicted molar refractivity (Wildman–Crippen MR) is 60.7 cm³/mol. The average molecular weight is 203 g/mol. The molecule has 0 aliphatic heterocycles. The van der Waals surface area contributed by atoms with E-state index in [-0.39, 0.29) is 5.91 Å². The third-order valence-corrected chi connectivity index (χ3v) is 1.43. The van der Waals surface area contributed by atoms with E-state index in [4.69, 9.17) is 5.84 Å². The van der Waals surface area contributed by atoms with Gasteiger partial charge in [-0.2, -0.15) is 0 Å². The summed E-state index contributed by atoms with van der Waals surface area (Å²) in [6.07, 6.45) is 1.93. The maximum absolute atomic E-state index is 11.1. The van der Waals surface area contributed by atoms with Gasteiger partial charge in [0.15, 0.2) is 0 Å². The van der Waals surface area contributed by atoms with E-state index in [9.17, 15) is 4.79 Å². The fraction of sp³-hybridized carbons (Fsp3) is 0.900. The molecule has 3 N–H and O–H groups in total. The number of hydrazine groups is 1. The summed E-state index contributed by atoms with van der Waals surface area (Å²) >= 11 is 0. The van der Waals surface area contributed by atoms with Crippen LogP contribution in [-0.4, -0.2) is 30.6 Å². The first-order chi connectivity index (χ1) is 6.70. The van der Waals surface area contributed by atoms with Crippen LogP contribution in [0.5, 0.6) is 0 Å². The van der Waals surface area contributed by atoms with E-state index in [1.165, 1.54) is 5.01 Å². The lowest BCUT2D eigenvalue weighted by Gasteiger charge is -2.14. The zero-order valence-electron chi connectivity index (χ0n) is 9.97. The quantitative estimate of drug-likeness (QED) is 0.502. The van der Waals surface area contributed by atoms with Crippen molar-refractivity contribution in [1.82, 2.24) is 10.3 Å². The summed E-state index contributed by atoms with van der Waals surface area (Å²) in [4.78, 5) is 11.1. The molecule has 0 atom stereocenters. The molecule has 0 spiro atoms. The number of carbonyl (C=O) groups is 1. The molecule has 0 aromatic heterocycles. The van der Waals surface area contributed by atoms with Crippen molar-refractivity contribution in [2.24, 2.45) is 5.84 Å². The number of amides is 1. The SMILES string of the molecule is CC.CCCNC(=O)CN(N)CCC. The maximum atomic E-state index is 11.1. The molecule has 0 unspecified atom stereocenters. The number of rotatable bonds is 6. The zero-order valence-corrected chi connectivity index (χ0v) is 9.97. The van der Waals surface area contributed by atoms with Crippen LogP contribution in [0.1, 0.15) is 40.5 Å². The van der Waals surface area contributed by atoms with Crippen molar-refractivity contribution in [3.05, 3.63) is 0 Å². The molecule has 0 saturated heterocycles. The molecule has 0 aliphatic rings. The molecule has 0 aromatic rings. The summed E-state index contributed by atoms with van der Waals surface area (Å²) in [5.74, 6) is 5.54. The van der Waals surface area contributed by atoms with E-state index in [1.54, 1.807) is 0 Å². The van der Waals surface area contributed by atoms with Gasteiger partial charge in [-0.1, -0.05) is 27.7 Å². The molecule has 0 fully saturated rings. The Morgan fingerprint density at radius 2 is 1.86 bits per heavy atom. The molecular formula is C10H25N3O. The van der Waals surface area contributed by atoms with Crippen molar-refractivity contribution in [3.8, 4) is 0 Å². The van der Waals surface area contributed by atoms with E-state index < -0.39 is 0 Å². The number of hydrogen-bond acceptors (Lipinski definition) is 3. The van der Waals surface area contributed by atoms with Crippen LogP contribution in [0.3, 0.4) is 0 Å². The summed E-state index contributed by atoms with van der Waals surface area (Å²) in [5.41, 5.74) is 0. The normalized spacial score (nSPS) is 9.29. The van der Waals surface area contributed by atoms with E-state index in [2.05, 4.69) is 5.32 Å². The Morgan fingerprint density at radius 3 is 2.29 bits per heavy atom. The van der Waals surface area contributed by atoms with Crippen molar-refractivity contribution >= 4 is 5.91 Å². The fourth-order valence-corrected chi connectivity index (χ4v) is 0.871. The Hall–Kier alpha value is -0.610. The number of carbonyl (C=O) groups excluding carboxylic acids is 1. The maximum Gasteiger partial charge on any atom is 0.235 e. The van der Waals surface area contributed by atoms with Crippen molar-refractivity contribution in [1.29, 1.82) is 0 Å². The molecule has 14 heavy (non-hydrogen) atoms. The van der Waals surface area contributed by atoms with Gasteiger partial charge in [0.2, 0.25) is 5.91 Å². The first-order valence-electron chi connectivity index (χ1n) is 5.47. The Kier molecular flexibility index (Phi) is 14.0. The second-order valence-electron chi connectivity index (χ2n) is 2.82. The second-order valence-corrected chi connectivity index (χ2v) is 2.82. The van der Waals surface area contributed by atoms with Crippen molar-refractivity contribution in [2.75, 3.05) is 19.6 Å². The van der Waals surface area contributed by atoms with Crippen LogP contribution in [0.2, 0.25) is 0 Å². The predicted octanol–water partition coefficient (Wildman–Crippen LogP) is 1.12. The van der Waals surface area contributed by atoms with Gasteiger partial charge in [0.05, 0.1) is 6.54 Å². The van der Waals surface area contributed by atoms with Gasteiger partial charge < -0.3 is 5.32 Å². The molecule has 0 bridgehead atoms. The molecule has 4 heteroatoms. The molecule has 4 nitrogen and oxygen atoms in total. The number of nitrogens with zero attached hydrogens (tertiary/aromatic N) is 1. The molecule has 0 radical (unpaired) electrons. The van der Waals surface area contributed by atoms with Crippen molar-refractivity contribution in [2.45, 2.75) is 40.5 Å². The first-order valence-corrected chi connectivity index (χ1v) is 5.47. The van der Waals surface area contributed by atoms with Crippen LogP contribution in [0.15, 0.2) is 0 Å². The average Bonchev–Trinajstić information content (AvgIpc) is 2.18. The van der Waals surface area contributed by atoms with Crippen LogP contribution in [0, 0.1) is 0 Å². The highest BCUT2D eigenvalue weighted by Gasteiger charge is 2.03. The van der Waals surface area contributed by atoms with Gasteiger partial charge in [-0.05, 0) is 12.8 Å². The number of hydrogen-bond donors (Lipinski definition) is 2. The third-order valence-electron chi connectivity index (χ3n) is 1.43. The topological polar surface area (TPSA) is 58.4 Å². The summed E-state index contributed by atoms with van der Waals surface area (Å²) in [5, 5.41) is 4.29. The van der Waals surface area contributed by atoms with Crippen LogP contribution in [-0.2, 0) is 4.79 Å². The zero-order chi connectivity index (χ0) is 11.4. The van der Waals surface area contributed by atoms with Crippen LogP contribution >= 0.6 is 0 Å². The van der Waals surface area contributed by atoms with Crippen LogP contribution in [0.4, 0.5) is 0 Å². The van der Waals surface area contributed by atoms with E-state index in [0.717, 1.165) is 25.9 Å². The first kappa shape index (κ1) is 15.8. The summed E-state index contributed by atoms with van der Waals surface area (Å²) in [6.45, 7) is 9.85. The second kappa shape index (κ2) is 12.4. The lowest BCUT2D eigenvalue weighted by atomic mass is 10.4. The lowest BCUT2D eigenvalue weighted by molar-refractivity contribution is -0.122. The Labute approximate surface area is 87.8 Å². The summed E-state index contributed by atoms with van der Waals surface area (Å²) in [7, 11) is 0. The molecule has 0 rings (SSSR count). The van der Waals surface area contributed by atoms with E-state index in [1.807, 2.05) is 27.7 Å². The minimum atomic E-state index is 0.00722. The molecule has 0 aliphatic carbocycles. The standard InChI is InChI=1S/C8H19N3O.C2H6/c1-3-5-10-8(12)7-11(9)6-4-2;1-2/h3-7,9H2,1-2H3,(H,10,12);1-2H3. The minimum absolute atomic E-state index is 0.00722. The highest BCUT2D eigenvalue weighted by Crippen LogP contribution is 1.82. The summed E-state index contributed by atoms with van der Waals surface area (Å²) in [6, 6.07) is 0. The Balaban J connectivity index is 0. The smallest absolute Gasteiger partial charge is 0.235 e. The summed E-state index contributed by atoms with van der Waals surface area (Å²) < 4.78 is 0. The number of nitrogens with one attached hydrogen (secondary N) is 1. The van der Waals surface area contributed by atoms with Gasteiger partial charge in [0, 0.05) is 13.1 Å². The van der Waals surface area contributed by atoms with E-state index >= 15 is 0 Å². The molecule has 86 valence electrons. The van der Waals surface area contributed by atoms with Gasteiger partial charge in [0.25, 0.3) is 0 Å². The molecule has 0 heterocycles. The van der Waals surface area contributed by atoms with Gasteiger partial charge in [-0.25, -0.2) is 5.01 Å². The fourth-order valence-electron chi connectivity index (χ4n) is 0.871. The Morgan fingerprint density at radius 1 is 1.29 bits per heavy atom. The molecule has 1 amide bonds. The van der Waals surface area contributed by atoms with Crippen LogP contribution < -0.4 is 11.2 Å². The molecule has 0 aromatic carbocycles. The Bertz CT molecular complexity index is 129. The highest BCUT2D eigenvalue weighted by molar-refractivity contribution is 5.77. The largest absolute Gasteiger partial charge is 0.355 e. The highest BCUT2D eigenvalue weighted by atomic mass is 16.2. The van der Waals surface area contributed by atoms with Gasteiger partial charge in [0.1, 0.15) is 0 Å². The van der Waals surface area contributed by atoms with Crippen LogP contribution in [0.25, 0.3) is 0 Å².